The number of hydrogen-bond donors (Lipinski definition) is 2. The molecule has 1 fully saturated rings. The smallest absolute Gasteiger partial charge is 0.330 e. The number of aromatic amines is 1. The highest BCUT2D eigenvalue weighted by Gasteiger charge is 2.26. The van der Waals surface area contributed by atoms with E-state index in [0.29, 0.717) is 23.8 Å². The number of nitrogen functional groups attached to an aromatic ring is 1. The summed E-state index contributed by atoms with van der Waals surface area (Å²) < 4.78 is 1.22. The number of carbonyl (C=O) groups is 2. The monoisotopic (exact) mass is 454 g/mol. The molecule has 1 aromatic carbocycles. The SMILES string of the molecule is CN(C(=O)Cc1csc(N2CCCC2=O)n1)c1c(N)n(Cc2ccccc2)c(=O)[nH]c1=O. The van der Waals surface area contributed by atoms with E-state index in [4.69, 9.17) is 5.73 Å². The average molecular weight is 455 g/mol. The number of benzene rings is 1. The Morgan fingerprint density at radius 2 is 2.00 bits per heavy atom. The molecular weight excluding hydrogens is 432 g/mol. The van der Waals surface area contributed by atoms with Crippen molar-refractivity contribution in [2.75, 3.05) is 29.1 Å². The topological polar surface area (TPSA) is 134 Å². The lowest BCUT2D eigenvalue weighted by Gasteiger charge is -2.20. The Morgan fingerprint density at radius 3 is 2.69 bits per heavy atom. The normalized spacial score (nSPS) is 13.5. The molecule has 1 aliphatic rings. The minimum Gasteiger partial charge on any atom is -0.383 e. The van der Waals surface area contributed by atoms with Crippen LogP contribution in [0.3, 0.4) is 0 Å². The molecule has 3 aromatic rings. The van der Waals surface area contributed by atoms with Gasteiger partial charge in [0.1, 0.15) is 5.82 Å². The zero-order valence-corrected chi connectivity index (χ0v) is 18.2. The van der Waals surface area contributed by atoms with E-state index in [0.717, 1.165) is 16.9 Å². The maximum atomic E-state index is 12.9. The molecule has 0 spiro atoms. The lowest BCUT2D eigenvalue weighted by atomic mass is 10.2. The van der Waals surface area contributed by atoms with E-state index >= 15 is 0 Å². The maximum Gasteiger partial charge on any atom is 0.330 e. The highest BCUT2D eigenvalue weighted by molar-refractivity contribution is 7.14. The first-order valence-corrected chi connectivity index (χ1v) is 10.9. The minimum atomic E-state index is -0.741. The second kappa shape index (κ2) is 8.79. The second-order valence-electron chi connectivity index (χ2n) is 7.46. The molecular formula is C21H22N6O4S. The Balaban J connectivity index is 1.56. The predicted octanol–water partition coefficient (Wildman–Crippen LogP) is 0.956. The molecule has 0 bridgehead atoms. The van der Waals surface area contributed by atoms with Crippen LogP contribution >= 0.6 is 11.3 Å². The van der Waals surface area contributed by atoms with Gasteiger partial charge in [-0.1, -0.05) is 30.3 Å². The fourth-order valence-corrected chi connectivity index (χ4v) is 4.44. The molecule has 1 aliphatic heterocycles. The number of nitrogens with one attached hydrogen (secondary N) is 1. The molecule has 2 amide bonds. The van der Waals surface area contributed by atoms with Gasteiger partial charge < -0.3 is 10.6 Å². The molecule has 2 aromatic heterocycles. The first kappa shape index (κ1) is 21.5. The molecule has 166 valence electrons. The van der Waals surface area contributed by atoms with Gasteiger partial charge in [-0.15, -0.1) is 11.3 Å². The van der Waals surface area contributed by atoms with E-state index in [9.17, 15) is 19.2 Å². The van der Waals surface area contributed by atoms with Gasteiger partial charge in [0.2, 0.25) is 11.8 Å². The lowest BCUT2D eigenvalue weighted by molar-refractivity contribution is -0.118. The molecule has 4 rings (SSSR count). The van der Waals surface area contributed by atoms with Gasteiger partial charge in [0.05, 0.1) is 18.7 Å². The van der Waals surface area contributed by atoms with Gasteiger partial charge in [-0.05, 0) is 12.0 Å². The third kappa shape index (κ3) is 4.19. The number of rotatable bonds is 6. The van der Waals surface area contributed by atoms with Gasteiger partial charge in [-0.3, -0.25) is 28.8 Å². The zero-order valence-electron chi connectivity index (χ0n) is 17.4. The van der Waals surface area contributed by atoms with E-state index in [2.05, 4.69) is 9.97 Å². The number of hydrogen-bond acceptors (Lipinski definition) is 7. The van der Waals surface area contributed by atoms with Gasteiger partial charge in [0.25, 0.3) is 5.56 Å². The summed E-state index contributed by atoms with van der Waals surface area (Å²) in [7, 11) is 1.43. The molecule has 10 nitrogen and oxygen atoms in total. The first-order valence-electron chi connectivity index (χ1n) is 10.0. The number of nitrogens with zero attached hydrogens (tertiary/aromatic N) is 4. The van der Waals surface area contributed by atoms with Gasteiger partial charge in [-0.25, -0.2) is 9.78 Å². The van der Waals surface area contributed by atoms with Crippen molar-refractivity contribution in [3.63, 3.8) is 0 Å². The predicted molar refractivity (Wildman–Crippen MR) is 122 cm³/mol. The summed E-state index contributed by atoms with van der Waals surface area (Å²) in [5, 5.41) is 2.28. The number of thiazole rings is 1. The number of H-pyrrole nitrogens is 1. The van der Waals surface area contributed by atoms with Gasteiger partial charge in [0, 0.05) is 25.4 Å². The third-order valence-electron chi connectivity index (χ3n) is 5.28. The number of carbonyl (C=O) groups excluding carboxylic acids is 2. The van der Waals surface area contributed by atoms with Gasteiger partial charge in [0.15, 0.2) is 10.8 Å². The largest absolute Gasteiger partial charge is 0.383 e. The van der Waals surface area contributed by atoms with Gasteiger partial charge >= 0.3 is 5.69 Å². The summed E-state index contributed by atoms with van der Waals surface area (Å²) in [5.41, 5.74) is 5.98. The molecule has 3 heterocycles. The summed E-state index contributed by atoms with van der Waals surface area (Å²) in [4.78, 5) is 59.0. The van der Waals surface area contributed by atoms with Crippen molar-refractivity contribution >= 4 is 39.8 Å². The summed E-state index contributed by atoms with van der Waals surface area (Å²) in [5.74, 6) is -0.494. The highest BCUT2D eigenvalue weighted by atomic mass is 32.1. The van der Waals surface area contributed by atoms with Crippen molar-refractivity contribution < 1.29 is 9.59 Å². The van der Waals surface area contributed by atoms with Crippen LogP contribution in [0.15, 0.2) is 45.3 Å². The van der Waals surface area contributed by atoms with Crippen molar-refractivity contribution in [1.82, 2.24) is 14.5 Å². The summed E-state index contributed by atoms with van der Waals surface area (Å²) in [6.45, 7) is 0.769. The van der Waals surface area contributed by atoms with Crippen LogP contribution in [0.1, 0.15) is 24.1 Å². The number of likely N-dealkylation sites (N-methyl/N-ethyl adjacent to an activating group) is 1. The quantitative estimate of drug-likeness (QED) is 0.570. The van der Waals surface area contributed by atoms with Crippen LogP contribution in [0.4, 0.5) is 16.6 Å². The highest BCUT2D eigenvalue weighted by Crippen LogP contribution is 2.26. The van der Waals surface area contributed by atoms with Crippen molar-refractivity contribution in [3.05, 3.63) is 67.8 Å². The van der Waals surface area contributed by atoms with Crippen LogP contribution in [-0.4, -0.2) is 39.9 Å². The average Bonchev–Trinajstić information content (AvgIpc) is 3.40. The zero-order chi connectivity index (χ0) is 22.8. The summed E-state index contributed by atoms with van der Waals surface area (Å²) in [6.07, 6.45) is 1.21. The van der Waals surface area contributed by atoms with E-state index in [1.807, 2.05) is 30.3 Å². The van der Waals surface area contributed by atoms with E-state index in [1.54, 1.807) is 10.3 Å². The Kier molecular flexibility index (Phi) is 5.91. The molecule has 1 saturated heterocycles. The third-order valence-corrected chi connectivity index (χ3v) is 6.20. The van der Waals surface area contributed by atoms with Gasteiger partial charge in [-0.2, -0.15) is 0 Å². The molecule has 11 heteroatoms. The standard InChI is InChI=1S/C21H22N6O4S/c1-25(16(29)10-14-12-32-21(23-14)26-9-5-8-15(26)28)17-18(22)27(20(31)24-19(17)30)11-13-6-3-2-4-7-13/h2-4,6-7,12H,5,8-11,22H2,1H3,(H,24,30,31). The van der Waals surface area contributed by atoms with Crippen LogP contribution in [0.5, 0.6) is 0 Å². The van der Waals surface area contributed by atoms with Crippen molar-refractivity contribution in [2.45, 2.75) is 25.8 Å². The molecule has 0 saturated carbocycles. The van der Waals surface area contributed by atoms with Crippen molar-refractivity contribution in [1.29, 1.82) is 0 Å². The van der Waals surface area contributed by atoms with Crippen molar-refractivity contribution in [3.8, 4) is 0 Å². The molecule has 3 N–H and O–H groups in total. The lowest BCUT2D eigenvalue weighted by Crippen LogP contribution is -2.40. The van der Waals surface area contributed by atoms with Crippen LogP contribution in [0.2, 0.25) is 0 Å². The molecule has 0 radical (unpaired) electrons. The Bertz CT molecular complexity index is 1280. The minimum absolute atomic E-state index is 0.0225. The van der Waals surface area contributed by atoms with Crippen LogP contribution in [-0.2, 0) is 22.6 Å². The fraction of sp³-hybridized carbons (Fsp3) is 0.286. The Labute approximate surface area is 186 Å². The fourth-order valence-electron chi connectivity index (χ4n) is 3.57. The summed E-state index contributed by atoms with van der Waals surface area (Å²) in [6, 6.07) is 9.17. The molecule has 0 atom stereocenters. The molecule has 0 unspecified atom stereocenters. The maximum absolute atomic E-state index is 12.9. The molecule has 0 aliphatic carbocycles. The Hall–Kier alpha value is -3.73. The second-order valence-corrected chi connectivity index (χ2v) is 8.30. The molecule has 32 heavy (non-hydrogen) atoms. The summed E-state index contributed by atoms with van der Waals surface area (Å²) >= 11 is 1.30. The van der Waals surface area contributed by atoms with E-state index in [-0.39, 0.29) is 30.4 Å². The van der Waals surface area contributed by atoms with Crippen molar-refractivity contribution in [2.24, 2.45) is 0 Å². The van der Waals surface area contributed by atoms with E-state index < -0.39 is 17.2 Å². The first-order chi connectivity index (χ1) is 15.3. The van der Waals surface area contributed by atoms with Crippen LogP contribution < -0.4 is 26.8 Å². The number of amides is 2. The van der Waals surface area contributed by atoms with E-state index in [1.165, 1.54) is 23.0 Å². The Morgan fingerprint density at radius 1 is 1.25 bits per heavy atom. The number of aromatic nitrogens is 3. The number of nitrogens with two attached hydrogens (primary N) is 1. The number of anilines is 3. The van der Waals surface area contributed by atoms with Crippen LogP contribution in [0.25, 0.3) is 0 Å². The van der Waals surface area contributed by atoms with Crippen LogP contribution in [0, 0.1) is 0 Å².